The number of nitrogens with one attached hydrogen (secondary N) is 1. The van der Waals surface area contributed by atoms with Gasteiger partial charge < -0.3 is 5.32 Å². The van der Waals surface area contributed by atoms with E-state index in [-0.39, 0.29) is 42.5 Å². The lowest BCUT2D eigenvalue weighted by Gasteiger charge is -2.19. The van der Waals surface area contributed by atoms with Gasteiger partial charge >= 0.3 is 0 Å². The fourth-order valence-corrected chi connectivity index (χ4v) is 3.88. The summed E-state index contributed by atoms with van der Waals surface area (Å²) < 4.78 is 0. The van der Waals surface area contributed by atoms with Gasteiger partial charge in [-0.05, 0) is 37.0 Å². The van der Waals surface area contributed by atoms with Crippen molar-refractivity contribution in [3.05, 3.63) is 34.9 Å². The van der Waals surface area contributed by atoms with Crippen LogP contribution >= 0.6 is 11.6 Å². The van der Waals surface area contributed by atoms with E-state index in [1.165, 1.54) is 4.90 Å². The van der Waals surface area contributed by atoms with Crippen LogP contribution in [0, 0.1) is 11.8 Å². The fourth-order valence-electron chi connectivity index (χ4n) is 3.75. The van der Waals surface area contributed by atoms with Gasteiger partial charge in [-0.25, -0.2) is 0 Å². The average Bonchev–Trinajstić information content (AvgIpc) is 2.86. The number of carbonyl (C=O) groups excluding carboxylic acids is 3. The van der Waals surface area contributed by atoms with Gasteiger partial charge in [0.1, 0.15) is 0 Å². The van der Waals surface area contributed by atoms with E-state index in [1.807, 2.05) is 24.3 Å². The van der Waals surface area contributed by atoms with E-state index in [1.54, 1.807) is 0 Å². The summed E-state index contributed by atoms with van der Waals surface area (Å²) in [6, 6.07) is 7.50. The molecule has 25 heavy (non-hydrogen) atoms. The molecule has 2 atom stereocenters. The minimum Gasteiger partial charge on any atom is -0.356 e. The van der Waals surface area contributed by atoms with Crippen molar-refractivity contribution in [3.8, 4) is 0 Å². The standard InChI is InChI=1S/C19H23ClN2O3/c20-14-7-5-13(6-8-14)9-11-21-17(23)10-12-22-18(24)15-3-1-2-4-16(15)19(22)25/h5-8,15-16H,1-4,9-12H2,(H,21,23)/t15-,16+. The molecule has 2 aliphatic rings. The Morgan fingerprint density at radius 3 is 2.28 bits per heavy atom. The van der Waals surface area contributed by atoms with Crippen LogP contribution in [0.15, 0.2) is 24.3 Å². The summed E-state index contributed by atoms with van der Waals surface area (Å²) in [5.74, 6) is -0.583. The highest BCUT2D eigenvalue weighted by molar-refractivity contribution is 6.30. The number of carbonyl (C=O) groups is 3. The lowest BCUT2D eigenvalue weighted by atomic mass is 9.81. The molecular formula is C19H23ClN2O3. The van der Waals surface area contributed by atoms with E-state index in [0.29, 0.717) is 18.0 Å². The van der Waals surface area contributed by atoms with Crippen molar-refractivity contribution in [2.75, 3.05) is 13.1 Å². The third-order valence-electron chi connectivity index (χ3n) is 5.14. The average molecular weight is 363 g/mol. The highest BCUT2D eigenvalue weighted by Crippen LogP contribution is 2.37. The molecule has 1 heterocycles. The van der Waals surface area contributed by atoms with Crippen LogP contribution in [0.3, 0.4) is 0 Å². The summed E-state index contributed by atoms with van der Waals surface area (Å²) in [5, 5.41) is 3.53. The van der Waals surface area contributed by atoms with Crippen LogP contribution in [-0.4, -0.2) is 35.7 Å². The van der Waals surface area contributed by atoms with Gasteiger partial charge in [-0.3, -0.25) is 19.3 Å². The van der Waals surface area contributed by atoms with Crippen molar-refractivity contribution >= 4 is 29.3 Å². The molecule has 0 spiro atoms. The molecule has 0 aromatic heterocycles. The number of fused-ring (bicyclic) bond motifs is 1. The van der Waals surface area contributed by atoms with Gasteiger partial charge in [0.15, 0.2) is 0 Å². The van der Waals surface area contributed by atoms with Crippen LogP contribution in [0.4, 0.5) is 0 Å². The molecule has 134 valence electrons. The van der Waals surface area contributed by atoms with Gasteiger partial charge in [-0.15, -0.1) is 0 Å². The largest absolute Gasteiger partial charge is 0.356 e. The Morgan fingerprint density at radius 2 is 1.68 bits per heavy atom. The molecule has 1 saturated carbocycles. The first-order chi connectivity index (χ1) is 12.1. The second-order valence-corrected chi connectivity index (χ2v) is 7.24. The summed E-state index contributed by atoms with van der Waals surface area (Å²) in [7, 11) is 0. The number of amides is 3. The molecule has 3 rings (SSSR count). The topological polar surface area (TPSA) is 66.5 Å². The maximum Gasteiger partial charge on any atom is 0.233 e. The van der Waals surface area contributed by atoms with Crippen LogP contribution in [0.2, 0.25) is 5.02 Å². The van der Waals surface area contributed by atoms with Gasteiger partial charge in [0.2, 0.25) is 17.7 Å². The van der Waals surface area contributed by atoms with Gasteiger partial charge in [-0.1, -0.05) is 36.6 Å². The molecular weight excluding hydrogens is 340 g/mol. The van der Waals surface area contributed by atoms with Crippen LogP contribution in [-0.2, 0) is 20.8 Å². The maximum absolute atomic E-state index is 12.4. The number of likely N-dealkylation sites (tertiary alicyclic amines) is 1. The van der Waals surface area contributed by atoms with Gasteiger partial charge in [0.25, 0.3) is 0 Å². The third kappa shape index (κ3) is 4.21. The quantitative estimate of drug-likeness (QED) is 0.791. The molecule has 1 aliphatic carbocycles. The van der Waals surface area contributed by atoms with E-state index in [9.17, 15) is 14.4 Å². The zero-order chi connectivity index (χ0) is 17.8. The van der Waals surface area contributed by atoms with E-state index in [2.05, 4.69) is 5.32 Å². The number of hydrogen-bond donors (Lipinski definition) is 1. The number of rotatable bonds is 6. The zero-order valence-electron chi connectivity index (χ0n) is 14.2. The summed E-state index contributed by atoms with van der Waals surface area (Å²) in [4.78, 5) is 38.0. The molecule has 1 aliphatic heterocycles. The normalized spacial score (nSPS) is 22.8. The number of imide groups is 1. The first-order valence-electron chi connectivity index (χ1n) is 8.92. The second-order valence-electron chi connectivity index (χ2n) is 6.80. The second kappa shape index (κ2) is 8.00. The summed E-state index contributed by atoms with van der Waals surface area (Å²) in [6.07, 6.45) is 4.52. The Kier molecular flexibility index (Phi) is 5.74. The molecule has 1 saturated heterocycles. The summed E-state index contributed by atoms with van der Waals surface area (Å²) in [6.45, 7) is 0.713. The fraction of sp³-hybridized carbons (Fsp3) is 0.526. The maximum atomic E-state index is 12.4. The van der Waals surface area contributed by atoms with E-state index in [4.69, 9.17) is 11.6 Å². The molecule has 0 unspecified atom stereocenters. The van der Waals surface area contributed by atoms with Crippen molar-refractivity contribution in [2.45, 2.75) is 38.5 Å². The van der Waals surface area contributed by atoms with Crippen molar-refractivity contribution in [1.82, 2.24) is 10.2 Å². The van der Waals surface area contributed by atoms with E-state index < -0.39 is 0 Å². The molecule has 0 radical (unpaired) electrons. The first kappa shape index (κ1) is 17.9. The number of halogens is 1. The summed E-state index contributed by atoms with van der Waals surface area (Å²) in [5.41, 5.74) is 1.10. The van der Waals surface area contributed by atoms with Gasteiger partial charge in [0, 0.05) is 24.5 Å². The molecule has 1 N–H and O–H groups in total. The highest BCUT2D eigenvalue weighted by atomic mass is 35.5. The van der Waals surface area contributed by atoms with Gasteiger partial charge in [-0.2, -0.15) is 0 Å². The van der Waals surface area contributed by atoms with Crippen LogP contribution in [0.5, 0.6) is 0 Å². The predicted molar refractivity (Wildman–Crippen MR) is 95.0 cm³/mol. The van der Waals surface area contributed by atoms with Crippen LogP contribution in [0.1, 0.15) is 37.7 Å². The van der Waals surface area contributed by atoms with Crippen molar-refractivity contribution in [3.63, 3.8) is 0 Å². The Bertz CT molecular complexity index is 635. The molecule has 2 fully saturated rings. The number of hydrogen-bond acceptors (Lipinski definition) is 3. The Labute approximate surface area is 152 Å². The van der Waals surface area contributed by atoms with Gasteiger partial charge in [0.05, 0.1) is 11.8 Å². The Morgan fingerprint density at radius 1 is 1.08 bits per heavy atom. The smallest absolute Gasteiger partial charge is 0.233 e. The lowest BCUT2D eigenvalue weighted by molar-refractivity contribution is -0.140. The zero-order valence-corrected chi connectivity index (χ0v) is 14.9. The molecule has 6 heteroatoms. The molecule has 3 amide bonds. The number of benzene rings is 1. The minimum absolute atomic E-state index is 0.0799. The molecule has 1 aromatic rings. The third-order valence-corrected chi connectivity index (χ3v) is 5.40. The van der Waals surface area contributed by atoms with E-state index >= 15 is 0 Å². The predicted octanol–water partition coefficient (Wildman–Crippen LogP) is 2.56. The summed E-state index contributed by atoms with van der Waals surface area (Å²) >= 11 is 5.84. The molecule has 1 aromatic carbocycles. The Balaban J connectivity index is 1.42. The molecule has 5 nitrogen and oxygen atoms in total. The molecule has 0 bridgehead atoms. The SMILES string of the molecule is O=C(CCN1C(=O)[C@H]2CCCC[C@H]2C1=O)NCCc1ccc(Cl)cc1. The van der Waals surface area contributed by atoms with Crippen LogP contribution < -0.4 is 5.32 Å². The Hall–Kier alpha value is -1.88. The van der Waals surface area contributed by atoms with E-state index in [0.717, 1.165) is 31.2 Å². The van der Waals surface area contributed by atoms with Crippen LogP contribution in [0.25, 0.3) is 0 Å². The number of nitrogens with zero attached hydrogens (tertiary/aromatic N) is 1. The minimum atomic E-state index is -0.144. The van der Waals surface area contributed by atoms with Crippen molar-refractivity contribution in [1.29, 1.82) is 0 Å². The highest BCUT2D eigenvalue weighted by Gasteiger charge is 2.47. The van der Waals surface area contributed by atoms with Crippen molar-refractivity contribution < 1.29 is 14.4 Å². The first-order valence-corrected chi connectivity index (χ1v) is 9.30. The lowest BCUT2D eigenvalue weighted by Crippen LogP contribution is -2.35. The monoisotopic (exact) mass is 362 g/mol. The van der Waals surface area contributed by atoms with Crippen molar-refractivity contribution in [2.24, 2.45) is 11.8 Å².